The van der Waals surface area contributed by atoms with Crippen molar-refractivity contribution in [2.75, 3.05) is 24.6 Å². The smallest absolute Gasteiger partial charge is 0.157 e. The van der Waals surface area contributed by atoms with Crippen LogP contribution in [0.1, 0.15) is 56.7 Å². The van der Waals surface area contributed by atoms with Gasteiger partial charge >= 0.3 is 0 Å². The number of fused-ring (bicyclic) bond motifs is 4. The minimum atomic E-state index is -0.0234. The average Bonchev–Trinajstić information content (AvgIpc) is 3.25. The van der Waals surface area contributed by atoms with Crippen molar-refractivity contribution >= 4 is 22.5 Å². The van der Waals surface area contributed by atoms with Crippen LogP contribution in [0.3, 0.4) is 0 Å². The Kier molecular flexibility index (Phi) is 3.95. The van der Waals surface area contributed by atoms with Crippen molar-refractivity contribution in [3.05, 3.63) is 41.0 Å². The number of benzene rings is 1. The summed E-state index contributed by atoms with van der Waals surface area (Å²) in [7, 11) is 0. The summed E-state index contributed by atoms with van der Waals surface area (Å²) in [6, 6.07) is 10.7. The number of aliphatic hydroxyl groups is 1. The summed E-state index contributed by atoms with van der Waals surface area (Å²) in [4.78, 5) is 7.38. The van der Waals surface area contributed by atoms with Crippen molar-refractivity contribution in [1.29, 1.82) is 5.26 Å². The minimum absolute atomic E-state index is 0.00165. The van der Waals surface area contributed by atoms with Crippen molar-refractivity contribution in [3.8, 4) is 6.07 Å². The fourth-order valence-electron chi connectivity index (χ4n) is 5.32. The standard InChI is InChI=1S/C24H28N4O/c1-23(2)9-8-16-20(23)17(14-25)21-26-18-6-4-5-7-19(18)28(21)22(16)27-12-10-24(3,15-29)11-13-27/h4-7,29H,8-13,15H2,1-3H3. The predicted molar refractivity (Wildman–Crippen MR) is 115 cm³/mol. The Morgan fingerprint density at radius 1 is 1.14 bits per heavy atom. The van der Waals surface area contributed by atoms with Gasteiger partial charge in [-0.2, -0.15) is 5.26 Å². The van der Waals surface area contributed by atoms with Gasteiger partial charge in [0.15, 0.2) is 5.65 Å². The molecule has 1 aliphatic carbocycles. The van der Waals surface area contributed by atoms with Gasteiger partial charge in [0.05, 0.1) is 16.6 Å². The van der Waals surface area contributed by atoms with Crippen LogP contribution in [0.2, 0.25) is 0 Å². The molecule has 3 heterocycles. The van der Waals surface area contributed by atoms with Crippen LogP contribution < -0.4 is 4.90 Å². The Balaban J connectivity index is 1.82. The highest BCUT2D eigenvalue weighted by atomic mass is 16.3. The molecule has 5 rings (SSSR count). The molecular formula is C24H28N4O. The summed E-state index contributed by atoms with van der Waals surface area (Å²) in [5, 5.41) is 19.9. The second-order valence-electron chi connectivity index (χ2n) is 9.76. The van der Waals surface area contributed by atoms with Gasteiger partial charge in [-0.1, -0.05) is 32.9 Å². The van der Waals surface area contributed by atoms with E-state index < -0.39 is 0 Å². The molecule has 2 aromatic heterocycles. The van der Waals surface area contributed by atoms with Crippen molar-refractivity contribution < 1.29 is 5.11 Å². The number of nitriles is 1. The highest BCUT2D eigenvalue weighted by molar-refractivity contribution is 5.87. The van der Waals surface area contributed by atoms with Gasteiger partial charge in [0.2, 0.25) is 0 Å². The van der Waals surface area contributed by atoms with Crippen LogP contribution in [0, 0.1) is 16.7 Å². The third-order valence-electron chi connectivity index (χ3n) is 7.26. The molecule has 0 atom stereocenters. The Labute approximate surface area is 171 Å². The Bertz CT molecular complexity index is 1160. The normalized spacial score (nSPS) is 20.2. The fourth-order valence-corrected chi connectivity index (χ4v) is 5.32. The molecule has 1 N–H and O–H groups in total. The maximum atomic E-state index is 10.1. The Morgan fingerprint density at radius 2 is 1.86 bits per heavy atom. The summed E-state index contributed by atoms with van der Waals surface area (Å²) in [6.07, 6.45) is 3.98. The molecule has 2 aliphatic rings. The lowest BCUT2D eigenvalue weighted by molar-refractivity contribution is 0.114. The van der Waals surface area contributed by atoms with Crippen LogP contribution in [-0.2, 0) is 11.8 Å². The lowest BCUT2D eigenvalue weighted by Gasteiger charge is -2.40. The number of hydrogen-bond donors (Lipinski definition) is 1. The largest absolute Gasteiger partial charge is 0.396 e. The summed E-state index contributed by atoms with van der Waals surface area (Å²) >= 11 is 0. The van der Waals surface area contributed by atoms with Crippen LogP contribution in [0.15, 0.2) is 24.3 Å². The summed E-state index contributed by atoms with van der Waals surface area (Å²) in [6.45, 7) is 8.75. The maximum Gasteiger partial charge on any atom is 0.157 e. The van der Waals surface area contributed by atoms with E-state index in [1.165, 1.54) is 16.9 Å². The first-order valence-electron chi connectivity index (χ1n) is 10.6. The minimum Gasteiger partial charge on any atom is -0.396 e. The second kappa shape index (κ2) is 6.21. The zero-order chi connectivity index (χ0) is 20.4. The molecule has 1 saturated heterocycles. The first-order chi connectivity index (χ1) is 13.9. The van der Waals surface area contributed by atoms with Gasteiger partial charge in [0.25, 0.3) is 0 Å². The molecule has 150 valence electrons. The van der Waals surface area contributed by atoms with Gasteiger partial charge in [0.1, 0.15) is 11.9 Å². The molecule has 29 heavy (non-hydrogen) atoms. The highest BCUT2D eigenvalue weighted by Gasteiger charge is 2.39. The number of pyridine rings is 1. The summed E-state index contributed by atoms with van der Waals surface area (Å²) < 4.78 is 2.23. The van der Waals surface area contributed by atoms with Gasteiger partial charge in [-0.25, -0.2) is 4.98 Å². The molecule has 0 amide bonds. The first kappa shape index (κ1) is 18.4. The number of aliphatic hydroxyl groups excluding tert-OH is 1. The average molecular weight is 389 g/mol. The van der Waals surface area contributed by atoms with E-state index >= 15 is 0 Å². The second-order valence-corrected chi connectivity index (χ2v) is 9.76. The van der Waals surface area contributed by atoms with E-state index in [2.05, 4.69) is 42.2 Å². The number of aromatic nitrogens is 2. The molecule has 0 saturated carbocycles. The van der Waals surface area contributed by atoms with Gasteiger partial charge in [-0.05, 0) is 59.8 Å². The van der Waals surface area contributed by atoms with E-state index in [1.807, 2.05) is 18.2 Å². The Hall–Kier alpha value is -2.58. The predicted octanol–water partition coefficient (Wildman–Crippen LogP) is 4.18. The van der Waals surface area contributed by atoms with Crippen molar-refractivity contribution in [3.63, 3.8) is 0 Å². The molecule has 1 aliphatic heterocycles. The molecule has 0 bridgehead atoms. The molecule has 1 fully saturated rings. The molecule has 5 nitrogen and oxygen atoms in total. The zero-order valence-corrected chi connectivity index (χ0v) is 17.5. The fraction of sp³-hybridized carbons (Fsp3) is 0.500. The molecule has 1 aromatic carbocycles. The molecule has 0 unspecified atom stereocenters. The van der Waals surface area contributed by atoms with Gasteiger partial charge in [-0.3, -0.25) is 4.40 Å². The molecular weight excluding hydrogens is 360 g/mol. The van der Waals surface area contributed by atoms with Gasteiger partial charge in [0, 0.05) is 19.7 Å². The van der Waals surface area contributed by atoms with Gasteiger partial charge < -0.3 is 10.0 Å². The maximum absolute atomic E-state index is 10.1. The van der Waals surface area contributed by atoms with E-state index in [0.29, 0.717) is 0 Å². The first-order valence-corrected chi connectivity index (χ1v) is 10.6. The monoisotopic (exact) mass is 388 g/mol. The van der Waals surface area contributed by atoms with Crippen molar-refractivity contribution in [2.45, 2.75) is 51.9 Å². The number of piperidine rings is 1. The highest BCUT2D eigenvalue weighted by Crippen LogP contribution is 2.47. The van der Waals surface area contributed by atoms with E-state index in [-0.39, 0.29) is 17.4 Å². The Morgan fingerprint density at radius 3 is 2.55 bits per heavy atom. The third kappa shape index (κ3) is 2.59. The van der Waals surface area contributed by atoms with Crippen LogP contribution in [0.25, 0.3) is 16.7 Å². The number of anilines is 1. The number of nitrogens with zero attached hydrogens (tertiary/aromatic N) is 4. The van der Waals surface area contributed by atoms with E-state index in [0.717, 1.165) is 61.0 Å². The molecule has 3 aromatic rings. The third-order valence-corrected chi connectivity index (χ3v) is 7.26. The number of para-hydroxylation sites is 2. The van der Waals surface area contributed by atoms with Crippen LogP contribution >= 0.6 is 0 Å². The quantitative estimate of drug-likeness (QED) is 0.715. The number of imidazole rings is 1. The lowest BCUT2D eigenvalue weighted by Crippen LogP contribution is -2.41. The number of rotatable bonds is 2. The van der Waals surface area contributed by atoms with Crippen molar-refractivity contribution in [1.82, 2.24) is 9.38 Å². The summed E-state index contributed by atoms with van der Waals surface area (Å²) in [5.41, 5.74) is 6.00. The van der Waals surface area contributed by atoms with E-state index in [9.17, 15) is 10.4 Å². The van der Waals surface area contributed by atoms with E-state index in [1.54, 1.807) is 0 Å². The van der Waals surface area contributed by atoms with Crippen LogP contribution in [-0.4, -0.2) is 34.2 Å². The number of hydrogen-bond acceptors (Lipinski definition) is 4. The summed E-state index contributed by atoms with van der Waals surface area (Å²) in [5.74, 6) is 1.22. The lowest BCUT2D eigenvalue weighted by atomic mass is 9.81. The van der Waals surface area contributed by atoms with Crippen molar-refractivity contribution in [2.24, 2.45) is 5.41 Å². The molecule has 0 radical (unpaired) electrons. The van der Waals surface area contributed by atoms with E-state index in [4.69, 9.17) is 4.98 Å². The SMILES string of the molecule is CC1(CO)CCN(c2c3c(c(C#N)c4nc5ccccc5n24)C(C)(C)CC3)CC1. The molecule has 5 heteroatoms. The molecule has 0 spiro atoms. The topological polar surface area (TPSA) is 64.6 Å². The van der Waals surface area contributed by atoms with Crippen LogP contribution in [0.4, 0.5) is 5.82 Å². The van der Waals surface area contributed by atoms with Gasteiger partial charge in [-0.15, -0.1) is 0 Å². The zero-order valence-electron chi connectivity index (χ0n) is 17.5. The van der Waals surface area contributed by atoms with Crippen LogP contribution in [0.5, 0.6) is 0 Å².